The van der Waals surface area contributed by atoms with Gasteiger partial charge in [0.2, 0.25) is 0 Å². The molecule has 2 aromatic carbocycles. The molecule has 0 saturated carbocycles. The summed E-state index contributed by atoms with van der Waals surface area (Å²) < 4.78 is 67.7. The number of nitrogens with one attached hydrogen (secondary N) is 1. The smallest absolute Gasteiger partial charge is 0.406 e. The second-order valence-corrected chi connectivity index (χ2v) is 7.15. The van der Waals surface area contributed by atoms with Gasteiger partial charge in [-0.3, -0.25) is 4.72 Å². The molecule has 0 aromatic heterocycles. The van der Waals surface area contributed by atoms with Crippen molar-refractivity contribution in [1.29, 1.82) is 0 Å². The predicted octanol–water partition coefficient (Wildman–Crippen LogP) is 3.87. The lowest BCUT2D eigenvalue weighted by Crippen LogP contribution is -2.18. The maximum absolute atomic E-state index is 12.4. The Hall–Kier alpha value is -2.22. The third-order valence-electron chi connectivity index (χ3n) is 3.70. The number of sulfonamides is 1. The minimum Gasteiger partial charge on any atom is -0.406 e. The maximum Gasteiger partial charge on any atom is 0.573 e. The van der Waals surface area contributed by atoms with Crippen LogP contribution in [0.3, 0.4) is 0 Å². The van der Waals surface area contributed by atoms with Gasteiger partial charge in [-0.2, -0.15) is 0 Å². The fraction of sp³-hybridized carbons (Fsp3) is 0.250. The molecule has 0 atom stereocenters. The molecular weight excluding hydrogens is 343 g/mol. The van der Waals surface area contributed by atoms with E-state index in [-0.39, 0.29) is 4.90 Å². The van der Waals surface area contributed by atoms with Gasteiger partial charge in [-0.05, 0) is 54.7 Å². The lowest BCUT2D eigenvalue weighted by atomic mass is 10.1. The third kappa shape index (κ3) is 3.81. The second kappa shape index (κ2) is 6.01. The summed E-state index contributed by atoms with van der Waals surface area (Å²) in [6, 6.07) is 9.56. The van der Waals surface area contributed by atoms with E-state index in [0.717, 1.165) is 37.0 Å². The van der Waals surface area contributed by atoms with Gasteiger partial charge in [0.25, 0.3) is 10.0 Å². The quantitative estimate of drug-likeness (QED) is 0.904. The summed E-state index contributed by atoms with van der Waals surface area (Å²) in [6.45, 7) is 0. The van der Waals surface area contributed by atoms with Gasteiger partial charge in [0, 0.05) is 11.8 Å². The normalized spacial score (nSPS) is 14.3. The van der Waals surface area contributed by atoms with E-state index < -0.39 is 22.1 Å². The number of benzene rings is 2. The largest absolute Gasteiger partial charge is 0.573 e. The first-order chi connectivity index (χ1) is 11.2. The fourth-order valence-corrected chi connectivity index (χ4v) is 3.77. The summed E-state index contributed by atoms with van der Waals surface area (Å²) in [6.07, 6.45) is -1.99. The molecule has 0 saturated heterocycles. The van der Waals surface area contributed by atoms with Gasteiger partial charge < -0.3 is 4.74 Å². The Labute approximate surface area is 137 Å². The Kier molecular flexibility index (Phi) is 4.16. The molecule has 8 heteroatoms. The van der Waals surface area contributed by atoms with Gasteiger partial charge in [-0.25, -0.2) is 8.42 Å². The number of halogens is 3. The summed E-state index contributed by atoms with van der Waals surface area (Å²) in [5.41, 5.74) is 2.67. The number of fused-ring (bicyclic) bond motifs is 1. The monoisotopic (exact) mass is 357 g/mol. The molecule has 0 bridgehead atoms. The molecule has 24 heavy (non-hydrogen) atoms. The number of aryl methyl sites for hydroxylation is 2. The SMILES string of the molecule is O=S(=O)(Nc1ccc2c(c1)CCC2)c1cccc(OC(F)(F)F)c1. The average molecular weight is 357 g/mol. The van der Waals surface area contributed by atoms with Crippen molar-refractivity contribution in [1.82, 2.24) is 0 Å². The van der Waals surface area contributed by atoms with Crippen LogP contribution >= 0.6 is 0 Å². The fourth-order valence-electron chi connectivity index (χ4n) is 2.69. The summed E-state index contributed by atoms with van der Waals surface area (Å²) in [4.78, 5) is -0.301. The second-order valence-electron chi connectivity index (χ2n) is 5.47. The first kappa shape index (κ1) is 16.6. The van der Waals surface area contributed by atoms with E-state index in [0.29, 0.717) is 5.69 Å². The summed E-state index contributed by atoms with van der Waals surface area (Å²) in [5, 5.41) is 0. The van der Waals surface area contributed by atoms with Crippen LogP contribution < -0.4 is 9.46 Å². The molecule has 2 aromatic rings. The van der Waals surface area contributed by atoms with Crippen molar-refractivity contribution in [2.75, 3.05) is 4.72 Å². The van der Waals surface area contributed by atoms with E-state index in [1.54, 1.807) is 12.1 Å². The van der Waals surface area contributed by atoms with Crippen LogP contribution in [0.2, 0.25) is 0 Å². The van der Waals surface area contributed by atoms with Crippen molar-refractivity contribution in [2.45, 2.75) is 30.5 Å². The van der Waals surface area contributed by atoms with Gasteiger partial charge in [0.1, 0.15) is 5.75 Å². The first-order valence-electron chi connectivity index (χ1n) is 7.23. The summed E-state index contributed by atoms with van der Waals surface area (Å²) in [7, 11) is -4.01. The van der Waals surface area contributed by atoms with Crippen LogP contribution in [0.15, 0.2) is 47.4 Å². The molecule has 0 unspecified atom stereocenters. The highest BCUT2D eigenvalue weighted by atomic mass is 32.2. The van der Waals surface area contributed by atoms with Gasteiger partial charge in [0.15, 0.2) is 0 Å². The summed E-state index contributed by atoms with van der Waals surface area (Å²) >= 11 is 0. The van der Waals surface area contributed by atoms with Crippen molar-refractivity contribution in [3.63, 3.8) is 0 Å². The zero-order chi connectivity index (χ0) is 17.4. The third-order valence-corrected chi connectivity index (χ3v) is 5.08. The minimum atomic E-state index is -4.88. The molecule has 3 rings (SSSR count). The van der Waals surface area contributed by atoms with Crippen LogP contribution in [0.1, 0.15) is 17.5 Å². The van der Waals surface area contributed by atoms with Gasteiger partial charge in [-0.1, -0.05) is 12.1 Å². The zero-order valence-corrected chi connectivity index (χ0v) is 13.2. The standard InChI is InChI=1S/C16H14F3NO3S/c17-16(18,19)23-14-5-2-6-15(10-14)24(21,22)20-13-8-7-11-3-1-4-12(11)9-13/h2,5-10,20H,1,3-4H2. The number of hydrogen-bond acceptors (Lipinski definition) is 3. The van der Waals surface area contributed by atoms with E-state index in [9.17, 15) is 21.6 Å². The molecule has 128 valence electrons. The minimum absolute atomic E-state index is 0.301. The highest BCUT2D eigenvalue weighted by Crippen LogP contribution is 2.28. The maximum atomic E-state index is 12.4. The topological polar surface area (TPSA) is 55.4 Å². The van der Waals surface area contributed by atoms with Crippen LogP contribution in [0.25, 0.3) is 0 Å². The van der Waals surface area contributed by atoms with Crippen molar-refractivity contribution >= 4 is 15.7 Å². The molecule has 0 spiro atoms. The lowest BCUT2D eigenvalue weighted by Gasteiger charge is -2.12. The van der Waals surface area contributed by atoms with Crippen LogP contribution in [0, 0.1) is 0 Å². The van der Waals surface area contributed by atoms with Crippen molar-refractivity contribution in [3.05, 3.63) is 53.6 Å². The zero-order valence-electron chi connectivity index (χ0n) is 12.4. The molecular formula is C16H14F3NO3S. The van der Waals surface area contributed by atoms with Crippen molar-refractivity contribution in [3.8, 4) is 5.75 Å². The number of ether oxygens (including phenoxy) is 1. The Bertz CT molecular complexity index is 863. The molecule has 1 aliphatic rings. The van der Waals surface area contributed by atoms with Crippen LogP contribution in [0.5, 0.6) is 5.75 Å². The molecule has 0 fully saturated rings. The van der Waals surface area contributed by atoms with Crippen LogP contribution in [-0.2, 0) is 22.9 Å². The van der Waals surface area contributed by atoms with E-state index in [4.69, 9.17) is 0 Å². The average Bonchev–Trinajstić information content (AvgIpc) is 2.93. The molecule has 4 nitrogen and oxygen atoms in total. The highest BCUT2D eigenvalue weighted by molar-refractivity contribution is 7.92. The van der Waals surface area contributed by atoms with E-state index >= 15 is 0 Å². The molecule has 1 aliphatic carbocycles. The summed E-state index contributed by atoms with van der Waals surface area (Å²) in [5.74, 6) is -0.584. The van der Waals surface area contributed by atoms with Crippen molar-refractivity contribution < 1.29 is 26.3 Å². The molecule has 0 amide bonds. The van der Waals surface area contributed by atoms with E-state index in [2.05, 4.69) is 9.46 Å². The first-order valence-corrected chi connectivity index (χ1v) is 8.72. The molecule has 0 aliphatic heterocycles. The molecule has 0 heterocycles. The Morgan fingerprint density at radius 1 is 1.00 bits per heavy atom. The number of rotatable bonds is 4. The van der Waals surface area contributed by atoms with Gasteiger partial charge >= 0.3 is 6.36 Å². The number of hydrogen-bond donors (Lipinski definition) is 1. The van der Waals surface area contributed by atoms with Gasteiger partial charge in [0.05, 0.1) is 4.90 Å². The Morgan fingerprint density at radius 2 is 1.75 bits per heavy atom. The van der Waals surface area contributed by atoms with Crippen LogP contribution in [-0.4, -0.2) is 14.8 Å². The van der Waals surface area contributed by atoms with Gasteiger partial charge in [-0.15, -0.1) is 13.2 Å². The number of alkyl halides is 3. The van der Waals surface area contributed by atoms with Crippen molar-refractivity contribution in [2.24, 2.45) is 0 Å². The number of anilines is 1. The molecule has 0 radical (unpaired) electrons. The lowest BCUT2D eigenvalue weighted by molar-refractivity contribution is -0.274. The molecule has 1 N–H and O–H groups in total. The van der Waals surface area contributed by atoms with Crippen LogP contribution in [0.4, 0.5) is 18.9 Å². The van der Waals surface area contributed by atoms with E-state index in [1.807, 2.05) is 6.07 Å². The predicted molar refractivity (Wildman–Crippen MR) is 82.4 cm³/mol. The Morgan fingerprint density at radius 3 is 2.50 bits per heavy atom. The Balaban J connectivity index is 1.84. The highest BCUT2D eigenvalue weighted by Gasteiger charge is 2.31. The van der Waals surface area contributed by atoms with E-state index in [1.165, 1.54) is 17.7 Å².